The lowest BCUT2D eigenvalue weighted by atomic mass is 10.1. The maximum absolute atomic E-state index is 12.3. The summed E-state index contributed by atoms with van der Waals surface area (Å²) in [5, 5.41) is 8.90. The Labute approximate surface area is 111 Å². The molecule has 0 bridgehead atoms. The molecule has 6 nitrogen and oxygen atoms in total. The van der Waals surface area contributed by atoms with Gasteiger partial charge >= 0.3 is 21.6 Å². The predicted octanol–water partition coefficient (Wildman–Crippen LogP) is 1.93. The number of carboxylic acids is 1. The number of ether oxygens (including phenoxy) is 1. The molecule has 0 fully saturated rings. The number of rotatable bonds is 4. The minimum absolute atomic E-state index is 0.344. The molecule has 0 aromatic heterocycles. The van der Waals surface area contributed by atoms with Gasteiger partial charge in [0.1, 0.15) is 5.56 Å². The maximum atomic E-state index is 12.3. The molecular weight excluding hydrogens is 305 g/mol. The summed E-state index contributed by atoms with van der Waals surface area (Å²) in [4.78, 5) is 11.0. The number of carboxylic acid groups (broad SMARTS) is 1. The number of hydrogen-bond donors (Lipinski definition) is 1. The van der Waals surface area contributed by atoms with Gasteiger partial charge in [-0.15, -0.1) is 0 Å². The molecule has 0 amide bonds. The van der Waals surface area contributed by atoms with Gasteiger partial charge in [0.25, 0.3) is 0 Å². The molecule has 1 N–H and O–H groups in total. The zero-order chi connectivity index (χ0) is 15.7. The molecule has 1 rings (SSSR count). The summed E-state index contributed by atoms with van der Waals surface area (Å²) in [6, 6.07) is 2.11. The maximum Gasteiger partial charge on any atom is 0.534 e. The van der Waals surface area contributed by atoms with Crippen molar-refractivity contribution in [1.29, 1.82) is 0 Å². The Morgan fingerprint density at radius 3 is 2.25 bits per heavy atom. The fourth-order valence-electron chi connectivity index (χ4n) is 1.29. The molecule has 0 saturated carbocycles. The van der Waals surface area contributed by atoms with Crippen molar-refractivity contribution >= 4 is 16.1 Å². The van der Waals surface area contributed by atoms with E-state index < -0.39 is 38.7 Å². The molecule has 0 aliphatic rings. The van der Waals surface area contributed by atoms with Crippen molar-refractivity contribution in [1.82, 2.24) is 0 Å². The van der Waals surface area contributed by atoms with Crippen LogP contribution in [0.15, 0.2) is 12.1 Å². The molecule has 0 atom stereocenters. The van der Waals surface area contributed by atoms with Crippen molar-refractivity contribution in [2.45, 2.75) is 12.4 Å². The number of methoxy groups -OCH3 is 1. The highest BCUT2D eigenvalue weighted by atomic mass is 32.2. The van der Waals surface area contributed by atoms with Crippen LogP contribution in [0.2, 0.25) is 0 Å². The van der Waals surface area contributed by atoms with Crippen LogP contribution in [-0.2, 0) is 10.1 Å². The topological polar surface area (TPSA) is 89.9 Å². The number of benzene rings is 1. The van der Waals surface area contributed by atoms with E-state index >= 15 is 0 Å². The SMILES string of the molecule is COc1cc(C)cc(C(=O)O)c1OS(=O)(=O)C(F)(F)F. The molecule has 1 aromatic carbocycles. The molecule has 0 spiro atoms. The second kappa shape index (κ2) is 5.19. The lowest BCUT2D eigenvalue weighted by Crippen LogP contribution is -2.28. The largest absolute Gasteiger partial charge is 0.534 e. The number of aryl methyl sites for hydroxylation is 1. The third-order valence-corrected chi connectivity index (χ3v) is 3.08. The second-order valence-electron chi connectivity index (χ2n) is 3.63. The van der Waals surface area contributed by atoms with Crippen molar-refractivity contribution in [2.75, 3.05) is 7.11 Å². The average molecular weight is 314 g/mol. The van der Waals surface area contributed by atoms with Gasteiger partial charge in [-0.1, -0.05) is 0 Å². The Balaban J connectivity index is 3.48. The van der Waals surface area contributed by atoms with Gasteiger partial charge in [-0.2, -0.15) is 21.6 Å². The van der Waals surface area contributed by atoms with Crippen LogP contribution in [0.3, 0.4) is 0 Å². The predicted molar refractivity (Wildman–Crippen MR) is 60.3 cm³/mol. The number of halogens is 3. The Morgan fingerprint density at radius 2 is 1.85 bits per heavy atom. The van der Waals surface area contributed by atoms with Crippen LogP contribution in [-0.4, -0.2) is 32.1 Å². The molecule has 112 valence electrons. The summed E-state index contributed by atoms with van der Waals surface area (Å²) < 4.78 is 67.2. The summed E-state index contributed by atoms with van der Waals surface area (Å²) in [5.41, 5.74) is -6.09. The Morgan fingerprint density at radius 1 is 1.30 bits per heavy atom. The van der Waals surface area contributed by atoms with Crippen molar-refractivity contribution in [3.05, 3.63) is 23.3 Å². The van der Waals surface area contributed by atoms with Crippen molar-refractivity contribution in [3.63, 3.8) is 0 Å². The third kappa shape index (κ3) is 3.13. The minimum atomic E-state index is -6.00. The van der Waals surface area contributed by atoms with E-state index in [0.717, 1.165) is 19.2 Å². The zero-order valence-electron chi connectivity index (χ0n) is 10.2. The normalized spacial score (nSPS) is 12.1. The summed E-state index contributed by atoms with van der Waals surface area (Å²) in [5.74, 6) is -3.11. The molecule has 0 saturated heterocycles. The molecule has 0 aliphatic carbocycles. The number of carbonyl (C=O) groups is 1. The van der Waals surface area contributed by atoms with E-state index in [-0.39, 0.29) is 0 Å². The molecule has 0 heterocycles. The van der Waals surface area contributed by atoms with Gasteiger partial charge in [0, 0.05) is 0 Å². The van der Waals surface area contributed by atoms with E-state index in [9.17, 15) is 26.4 Å². The van der Waals surface area contributed by atoms with Gasteiger partial charge in [-0.25, -0.2) is 4.79 Å². The van der Waals surface area contributed by atoms with Gasteiger partial charge in [0.2, 0.25) is 0 Å². The highest BCUT2D eigenvalue weighted by Gasteiger charge is 2.49. The van der Waals surface area contributed by atoms with Crippen LogP contribution in [0.4, 0.5) is 13.2 Å². The van der Waals surface area contributed by atoms with E-state index in [1.54, 1.807) is 0 Å². The van der Waals surface area contributed by atoms with Gasteiger partial charge in [-0.05, 0) is 24.6 Å². The zero-order valence-corrected chi connectivity index (χ0v) is 11.0. The van der Waals surface area contributed by atoms with Crippen LogP contribution < -0.4 is 8.92 Å². The quantitative estimate of drug-likeness (QED) is 0.674. The lowest BCUT2D eigenvalue weighted by molar-refractivity contribution is -0.0501. The number of aromatic carboxylic acids is 1. The Kier molecular flexibility index (Phi) is 4.18. The molecule has 1 aromatic rings. The number of hydrogen-bond acceptors (Lipinski definition) is 5. The number of alkyl halides is 3. The van der Waals surface area contributed by atoms with Gasteiger partial charge in [0.05, 0.1) is 7.11 Å². The fourth-order valence-corrected chi connectivity index (χ4v) is 1.78. The van der Waals surface area contributed by atoms with Crippen LogP contribution in [0.25, 0.3) is 0 Å². The first-order valence-corrected chi connectivity index (χ1v) is 6.33. The van der Waals surface area contributed by atoms with E-state index in [0.29, 0.717) is 5.56 Å². The average Bonchev–Trinajstić information content (AvgIpc) is 2.28. The molecular formula is C10H9F3O6S. The first kappa shape index (κ1) is 16.1. The highest BCUT2D eigenvalue weighted by molar-refractivity contribution is 7.88. The summed E-state index contributed by atoms with van der Waals surface area (Å²) in [7, 11) is -4.96. The van der Waals surface area contributed by atoms with E-state index in [1.165, 1.54) is 6.92 Å². The summed E-state index contributed by atoms with van der Waals surface area (Å²) in [6.45, 7) is 1.46. The first-order valence-electron chi connectivity index (χ1n) is 4.92. The molecule has 0 unspecified atom stereocenters. The Bertz CT molecular complexity index is 635. The van der Waals surface area contributed by atoms with Crippen LogP contribution in [0.5, 0.6) is 11.5 Å². The summed E-state index contributed by atoms with van der Waals surface area (Å²) in [6.07, 6.45) is 0. The van der Waals surface area contributed by atoms with Gasteiger partial charge in [0.15, 0.2) is 11.5 Å². The van der Waals surface area contributed by atoms with Crippen molar-refractivity contribution in [3.8, 4) is 11.5 Å². The van der Waals surface area contributed by atoms with E-state index in [1.807, 2.05) is 0 Å². The van der Waals surface area contributed by atoms with Crippen LogP contribution >= 0.6 is 0 Å². The van der Waals surface area contributed by atoms with E-state index in [2.05, 4.69) is 8.92 Å². The first-order chi connectivity index (χ1) is 8.99. The van der Waals surface area contributed by atoms with Crippen molar-refractivity contribution < 1.29 is 40.4 Å². The van der Waals surface area contributed by atoms with Crippen LogP contribution in [0.1, 0.15) is 15.9 Å². The smallest absolute Gasteiger partial charge is 0.493 e. The fraction of sp³-hybridized carbons (Fsp3) is 0.300. The monoisotopic (exact) mass is 314 g/mol. The molecule has 0 aliphatic heterocycles. The van der Waals surface area contributed by atoms with Crippen LogP contribution in [0, 0.1) is 6.92 Å². The second-order valence-corrected chi connectivity index (χ2v) is 5.17. The van der Waals surface area contributed by atoms with Gasteiger partial charge < -0.3 is 14.0 Å². The standard InChI is InChI=1S/C10H9F3O6S/c1-5-3-6(9(14)15)8(7(4-5)18-2)19-20(16,17)10(11,12)13/h3-4H,1-2H3,(H,14,15). The van der Waals surface area contributed by atoms with Crippen molar-refractivity contribution in [2.24, 2.45) is 0 Å². The van der Waals surface area contributed by atoms with Gasteiger partial charge in [-0.3, -0.25) is 0 Å². The molecule has 10 heteroatoms. The molecule has 0 radical (unpaired) electrons. The lowest BCUT2D eigenvalue weighted by Gasteiger charge is -2.14. The molecule has 20 heavy (non-hydrogen) atoms. The highest BCUT2D eigenvalue weighted by Crippen LogP contribution is 2.36. The minimum Gasteiger partial charge on any atom is -0.493 e. The summed E-state index contributed by atoms with van der Waals surface area (Å²) >= 11 is 0. The third-order valence-electron chi connectivity index (χ3n) is 2.13. The Hall–Kier alpha value is -1.97. The van der Waals surface area contributed by atoms with E-state index in [4.69, 9.17) is 5.11 Å².